The first-order valence-electron chi connectivity index (χ1n) is 7.61. The summed E-state index contributed by atoms with van der Waals surface area (Å²) in [7, 11) is 0. The van der Waals surface area contributed by atoms with Crippen molar-refractivity contribution in [2.24, 2.45) is 0 Å². The van der Waals surface area contributed by atoms with Gasteiger partial charge in [0.05, 0.1) is 6.54 Å². The van der Waals surface area contributed by atoms with Crippen LogP contribution in [-0.2, 0) is 16.9 Å². The largest absolute Gasteiger partial charge is 0.325 e. The first-order chi connectivity index (χ1) is 11.5. The third kappa shape index (κ3) is 2.65. The van der Waals surface area contributed by atoms with Crippen molar-refractivity contribution in [3.63, 3.8) is 0 Å². The van der Waals surface area contributed by atoms with E-state index in [1.807, 2.05) is 6.92 Å². The third-order valence-electron chi connectivity index (χ3n) is 4.33. The molecule has 1 aliphatic rings. The molecule has 0 radical (unpaired) electrons. The van der Waals surface area contributed by atoms with Gasteiger partial charge in [-0.25, -0.2) is 9.18 Å². The van der Waals surface area contributed by atoms with Crippen molar-refractivity contribution in [3.8, 4) is 0 Å². The minimum atomic E-state index is -1.15. The van der Waals surface area contributed by atoms with Crippen molar-refractivity contribution >= 4 is 23.5 Å². The summed E-state index contributed by atoms with van der Waals surface area (Å²) in [5, 5.41) is 3.31. The van der Waals surface area contributed by atoms with Crippen LogP contribution < -0.4 is 5.32 Å². The molecule has 0 aliphatic carbocycles. The molecule has 3 amide bonds. The summed E-state index contributed by atoms with van der Waals surface area (Å²) in [5.74, 6) is -0.834. The Bertz CT molecular complexity index is 794. The molecule has 3 rings (SSSR count). The molecule has 1 atom stereocenters. The van der Waals surface area contributed by atoms with Crippen molar-refractivity contribution in [3.05, 3.63) is 70.5 Å². The molecule has 2 aromatic rings. The maximum atomic E-state index is 13.9. The number of nitrogens with zero attached hydrogens (tertiary/aromatic N) is 1. The summed E-state index contributed by atoms with van der Waals surface area (Å²) in [5.41, 5.74) is -0.194. The van der Waals surface area contributed by atoms with Crippen LogP contribution >= 0.6 is 11.6 Å². The van der Waals surface area contributed by atoms with Crippen LogP contribution in [-0.4, -0.2) is 16.8 Å². The van der Waals surface area contributed by atoms with Gasteiger partial charge >= 0.3 is 6.03 Å². The normalized spacial score (nSPS) is 20.4. The summed E-state index contributed by atoms with van der Waals surface area (Å²) in [6, 6.07) is 12.4. The van der Waals surface area contributed by atoms with Crippen LogP contribution in [0.3, 0.4) is 0 Å². The second-order valence-electron chi connectivity index (χ2n) is 5.68. The van der Waals surface area contributed by atoms with Crippen molar-refractivity contribution < 1.29 is 14.0 Å². The Morgan fingerprint density at radius 2 is 1.79 bits per heavy atom. The number of nitrogens with one attached hydrogen (secondary N) is 1. The highest BCUT2D eigenvalue weighted by molar-refractivity contribution is 6.30. The maximum Gasteiger partial charge on any atom is 0.325 e. The van der Waals surface area contributed by atoms with E-state index in [1.165, 1.54) is 6.07 Å². The molecule has 24 heavy (non-hydrogen) atoms. The van der Waals surface area contributed by atoms with Crippen LogP contribution in [0, 0.1) is 5.82 Å². The van der Waals surface area contributed by atoms with E-state index in [9.17, 15) is 14.0 Å². The summed E-state index contributed by atoms with van der Waals surface area (Å²) >= 11 is 5.90. The van der Waals surface area contributed by atoms with Gasteiger partial charge in [-0.05, 0) is 30.2 Å². The Hall–Kier alpha value is -2.40. The number of carbonyl (C=O) groups excluding carboxylic acids is 2. The van der Waals surface area contributed by atoms with Gasteiger partial charge in [0.2, 0.25) is 0 Å². The zero-order chi connectivity index (χ0) is 17.3. The van der Waals surface area contributed by atoms with E-state index < -0.39 is 17.4 Å². The first-order valence-corrected chi connectivity index (χ1v) is 7.99. The van der Waals surface area contributed by atoms with E-state index >= 15 is 0 Å². The van der Waals surface area contributed by atoms with Crippen molar-refractivity contribution in [2.45, 2.75) is 25.4 Å². The molecule has 0 spiro atoms. The zero-order valence-electron chi connectivity index (χ0n) is 13.1. The Balaban J connectivity index is 1.95. The van der Waals surface area contributed by atoms with Gasteiger partial charge in [0.1, 0.15) is 11.4 Å². The van der Waals surface area contributed by atoms with Gasteiger partial charge in [-0.3, -0.25) is 9.69 Å². The molecular weight excluding hydrogens is 331 g/mol. The van der Waals surface area contributed by atoms with Crippen LogP contribution in [0.2, 0.25) is 5.02 Å². The van der Waals surface area contributed by atoms with Crippen LogP contribution in [0.1, 0.15) is 24.5 Å². The number of amides is 3. The molecule has 2 aromatic carbocycles. The monoisotopic (exact) mass is 346 g/mol. The first kappa shape index (κ1) is 16.5. The Kier molecular flexibility index (Phi) is 4.28. The van der Waals surface area contributed by atoms with Gasteiger partial charge in [0, 0.05) is 10.6 Å². The molecule has 0 bridgehead atoms. The quantitative estimate of drug-likeness (QED) is 0.855. The smallest absolute Gasteiger partial charge is 0.319 e. The SMILES string of the molecule is CC[C@]1(c2ccc(Cl)cc2)NC(=O)N(Cc2ccccc2F)C1=O. The molecule has 1 aliphatic heterocycles. The van der Waals surface area contributed by atoms with E-state index in [0.717, 1.165) is 4.90 Å². The highest BCUT2D eigenvalue weighted by Crippen LogP contribution is 2.34. The number of carbonyl (C=O) groups is 2. The summed E-state index contributed by atoms with van der Waals surface area (Å²) < 4.78 is 13.9. The van der Waals surface area contributed by atoms with Gasteiger partial charge in [-0.2, -0.15) is 0 Å². The molecule has 1 heterocycles. The Morgan fingerprint density at radius 3 is 2.42 bits per heavy atom. The lowest BCUT2D eigenvalue weighted by atomic mass is 9.87. The fourth-order valence-electron chi connectivity index (χ4n) is 2.94. The third-order valence-corrected chi connectivity index (χ3v) is 4.58. The predicted octanol–water partition coefficient (Wildman–Crippen LogP) is 3.84. The highest BCUT2D eigenvalue weighted by atomic mass is 35.5. The minimum Gasteiger partial charge on any atom is -0.319 e. The van der Waals surface area contributed by atoms with Gasteiger partial charge in [-0.1, -0.05) is 48.9 Å². The molecule has 4 nitrogen and oxygen atoms in total. The second kappa shape index (κ2) is 6.24. The number of rotatable bonds is 4. The molecule has 1 saturated heterocycles. The van der Waals surface area contributed by atoms with Crippen molar-refractivity contribution in [2.75, 3.05) is 0 Å². The molecule has 0 unspecified atom stereocenters. The topological polar surface area (TPSA) is 49.4 Å². The van der Waals surface area contributed by atoms with Crippen molar-refractivity contribution in [1.29, 1.82) is 0 Å². The number of hydrogen-bond acceptors (Lipinski definition) is 2. The fourth-order valence-corrected chi connectivity index (χ4v) is 3.07. The number of halogens is 2. The lowest BCUT2D eigenvalue weighted by molar-refractivity contribution is -0.132. The van der Waals surface area contributed by atoms with Gasteiger partial charge in [0.15, 0.2) is 0 Å². The van der Waals surface area contributed by atoms with Gasteiger partial charge in [-0.15, -0.1) is 0 Å². The predicted molar refractivity (Wildman–Crippen MR) is 88.9 cm³/mol. The lowest BCUT2D eigenvalue weighted by Crippen LogP contribution is -2.43. The molecule has 1 N–H and O–H groups in total. The number of urea groups is 1. The van der Waals surface area contributed by atoms with Crippen LogP contribution in [0.25, 0.3) is 0 Å². The van der Waals surface area contributed by atoms with Gasteiger partial charge < -0.3 is 5.32 Å². The molecule has 0 aromatic heterocycles. The Labute approximate surface area is 144 Å². The standard InChI is InChI=1S/C18H16ClFN2O2/c1-2-18(13-7-9-14(19)10-8-13)16(23)22(17(24)21-18)11-12-5-3-4-6-15(12)20/h3-10H,2,11H2,1H3,(H,21,24)/t18-/m1/s1. The van der Waals surface area contributed by atoms with Crippen LogP contribution in [0.5, 0.6) is 0 Å². The lowest BCUT2D eigenvalue weighted by Gasteiger charge is -2.26. The molecule has 0 saturated carbocycles. The highest BCUT2D eigenvalue weighted by Gasteiger charge is 2.51. The average molecular weight is 347 g/mol. The van der Waals surface area contributed by atoms with Crippen molar-refractivity contribution in [1.82, 2.24) is 10.2 Å². The number of hydrogen-bond donors (Lipinski definition) is 1. The van der Waals surface area contributed by atoms with E-state index in [2.05, 4.69) is 5.32 Å². The summed E-state index contributed by atoms with van der Waals surface area (Å²) in [6.45, 7) is 1.71. The summed E-state index contributed by atoms with van der Waals surface area (Å²) in [4.78, 5) is 26.4. The van der Waals surface area contributed by atoms with E-state index in [1.54, 1.807) is 42.5 Å². The fraction of sp³-hybridized carbons (Fsp3) is 0.222. The molecule has 1 fully saturated rings. The van der Waals surface area contributed by atoms with E-state index in [4.69, 9.17) is 11.6 Å². The number of imide groups is 1. The Morgan fingerprint density at radius 1 is 1.12 bits per heavy atom. The van der Waals surface area contributed by atoms with E-state index in [0.29, 0.717) is 22.6 Å². The van der Waals surface area contributed by atoms with E-state index in [-0.39, 0.29) is 12.5 Å². The zero-order valence-corrected chi connectivity index (χ0v) is 13.8. The second-order valence-corrected chi connectivity index (χ2v) is 6.12. The summed E-state index contributed by atoms with van der Waals surface area (Å²) in [6.07, 6.45) is 0.382. The minimum absolute atomic E-state index is 0.104. The average Bonchev–Trinajstić information content (AvgIpc) is 2.82. The van der Waals surface area contributed by atoms with Crippen LogP contribution in [0.4, 0.5) is 9.18 Å². The molecule has 6 heteroatoms. The molecule has 124 valence electrons. The van der Waals surface area contributed by atoms with Gasteiger partial charge in [0.25, 0.3) is 5.91 Å². The van der Waals surface area contributed by atoms with Crippen LogP contribution in [0.15, 0.2) is 48.5 Å². The maximum absolute atomic E-state index is 13.9. The number of benzene rings is 2. The molecular formula is C18H16ClFN2O2.